The molecule has 0 unspecified atom stereocenters. The Morgan fingerprint density at radius 1 is 1.10 bits per heavy atom. The lowest BCUT2D eigenvalue weighted by Crippen LogP contribution is -2.16. The van der Waals surface area contributed by atoms with Gasteiger partial charge in [0.25, 0.3) is 10.0 Å². The van der Waals surface area contributed by atoms with Gasteiger partial charge in [0.15, 0.2) is 0 Å². The first-order valence-electron chi connectivity index (χ1n) is 5.54. The molecule has 0 aliphatic carbocycles. The van der Waals surface area contributed by atoms with E-state index in [1.54, 1.807) is 13.0 Å². The summed E-state index contributed by atoms with van der Waals surface area (Å²) in [6.07, 6.45) is 0. The van der Waals surface area contributed by atoms with Crippen LogP contribution in [0.25, 0.3) is 0 Å². The number of anilines is 1. The van der Waals surface area contributed by atoms with Crippen molar-refractivity contribution in [2.45, 2.75) is 11.8 Å². The molecule has 0 spiro atoms. The van der Waals surface area contributed by atoms with Gasteiger partial charge >= 0.3 is 0 Å². The van der Waals surface area contributed by atoms with Crippen molar-refractivity contribution in [2.24, 2.45) is 0 Å². The van der Waals surface area contributed by atoms with Crippen LogP contribution in [-0.2, 0) is 10.0 Å². The van der Waals surface area contributed by atoms with Gasteiger partial charge in [0.2, 0.25) is 0 Å². The number of hydrogen-bond acceptors (Lipinski definition) is 2. The lowest BCUT2D eigenvalue weighted by atomic mass is 10.2. The quantitative estimate of drug-likeness (QED) is 0.902. The lowest BCUT2D eigenvalue weighted by molar-refractivity contribution is 0.569. The van der Waals surface area contributed by atoms with E-state index in [1.807, 2.05) is 0 Å². The van der Waals surface area contributed by atoms with E-state index >= 15 is 0 Å². The fourth-order valence-corrected chi connectivity index (χ4v) is 3.18. The smallest absolute Gasteiger partial charge is 0.264 e. The second-order valence-corrected chi connectivity index (χ2v) is 6.68. The molecule has 0 radical (unpaired) electrons. The summed E-state index contributed by atoms with van der Waals surface area (Å²) in [5, 5.41) is 0. The van der Waals surface area contributed by atoms with E-state index in [9.17, 15) is 17.2 Å². The van der Waals surface area contributed by atoms with Crippen LogP contribution in [0.2, 0.25) is 0 Å². The first-order valence-corrected chi connectivity index (χ1v) is 7.82. The number of para-hydroxylation sites is 1. The average Bonchev–Trinajstić information content (AvgIpc) is 2.33. The summed E-state index contributed by atoms with van der Waals surface area (Å²) in [4.78, 5) is -0.539. The molecule has 0 bridgehead atoms. The molecule has 2 rings (SSSR count). The van der Waals surface area contributed by atoms with Crippen molar-refractivity contribution in [3.63, 3.8) is 0 Å². The molecule has 0 aliphatic rings. The molecule has 0 aliphatic heterocycles. The van der Waals surface area contributed by atoms with Gasteiger partial charge in [0.05, 0.1) is 5.69 Å². The summed E-state index contributed by atoms with van der Waals surface area (Å²) >= 11 is 3.04. The Bertz CT molecular complexity index is 743. The van der Waals surface area contributed by atoms with E-state index in [-0.39, 0.29) is 5.69 Å². The van der Waals surface area contributed by atoms with E-state index in [0.717, 1.165) is 18.2 Å². The molecule has 0 fully saturated rings. The molecule has 0 atom stereocenters. The van der Waals surface area contributed by atoms with Gasteiger partial charge in [-0.3, -0.25) is 4.72 Å². The summed E-state index contributed by atoms with van der Waals surface area (Å²) in [5.74, 6) is -1.63. The van der Waals surface area contributed by atoms with Crippen molar-refractivity contribution in [3.8, 4) is 0 Å². The summed E-state index contributed by atoms with van der Waals surface area (Å²) in [7, 11) is -4.19. The van der Waals surface area contributed by atoms with Gasteiger partial charge in [-0.15, -0.1) is 0 Å². The minimum atomic E-state index is -4.19. The molecule has 0 saturated carbocycles. The van der Waals surface area contributed by atoms with Crippen LogP contribution >= 0.6 is 15.9 Å². The zero-order chi connectivity index (χ0) is 14.9. The normalized spacial score (nSPS) is 11.4. The minimum Gasteiger partial charge on any atom is -0.276 e. The standard InChI is InChI=1S/C13H10BrF2NO2S/c1-8-3-2-4-10(15)13(8)17-20(18,19)12-6-5-9(14)7-11(12)16/h2-7,17H,1H3. The molecule has 2 aromatic rings. The largest absolute Gasteiger partial charge is 0.276 e. The number of rotatable bonds is 3. The van der Waals surface area contributed by atoms with Crippen molar-refractivity contribution in [3.05, 3.63) is 58.1 Å². The second-order valence-electron chi connectivity index (χ2n) is 4.11. The van der Waals surface area contributed by atoms with E-state index in [2.05, 4.69) is 20.7 Å². The zero-order valence-corrected chi connectivity index (χ0v) is 12.7. The first-order chi connectivity index (χ1) is 9.31. The van der Waals surface area contributed by atoms with E-state index < -0.39 is 26.6 Å². The lowest BCUT2D eigenvalue weighted by Gasteiger charge is -2.12. The van der Waals surface area contributed by atoms with Crippen LogP contribution in [-0.4, -0.2) is 8.42 Å². The summed E-state index contributed by atoms with van der Waals surface area (Å²) in [6.45, 7) is 1.55. The molecule has 0 heterocycles. The Kier molecular flexibility index (Phi) is 4.10. The molecule has 0 aromatic heterocycles. The van der Waals surface area contributed by atoms with Crippen LogP contribution in [0.3, 0.4) is 0 Å². The van der Waals surface area contributed by atoms with Crippen LogP contribution in [0, 0.1) is 18.6 Å². The maximum absolute atomic E-state index is 13.7. The molecule has 2 aromatic carbocycles. The molecule has 0 saturated heterocycles. The Morgan fingerprint density at radius 3 is 2.40 bits per heavy atom. The third kappa shape index (κ3) is 2.99. The fraction of sp³-hybridized carbons (Fsp3) is 0.0769. The molecular formula is C13H10BrF2NO2S. The Hall–Kier alpha value is -1.47. The molecule has 1 N–H and O–H groups in total. The number of aryl methyl sites for hydroxylation is 1. The highest BCUT2D eigenvalue weighted by Crippen LogP contribution is 2.25. The molecule has 7 heteroatoms. The van der Waals surface area contributed by atoms with Gasteiger partial charge in [0.1, 0.15) is 16.5 Å². The molecule has 0 amide bonds. The maximum atomic E-state index is 13.7. The van der Waals surface area contributed by atoms with Gasteiger partial charge < -0.3 is 0 Å². The maximum Gasteiger partial charge on any atom is 0.264 e. The van der Waals surface area contributed by atoms with E-state index in [0.29, 0.717) is 10.0 Å². The Balaban J connectivity index is 2.46. The molecule has 106 valence electrons. The summed E-state index contributed by atoms with van der Waals surface area (Å²) in [5.41, 5.74) is 0.223. The number of nitrogens with one attached hydrogen (secondary N) is 1. The van der Waals surface area contributed by atoms with Crippen LogP contribution in [0.5, 0.6) is 0 Å². The minimum absolute atomic E-state index is 0.185. The number of sulfonamides is 1. The molecule has 20 heavy (non-hydrogen) atoms. The third-order valence-corrected chi connectivity index (χ3v) is 4.52. The van der Waals surface area contributed by atoms with Crippen LogP contribution < -0.4 is 4.72 Å². The van der Waals surface area contributed by atoms with Gasteiger partial charge in [-0.2, -0.15) is 0 Å². The summed E-state index contributed by atoms with van der Waals surface area (Å²) < 4.78 is 54.0. The predicted octanol–water partition coefficient (Wildman–Crippen LogP) is 3.84. The summed E-state index contributed by atoms with van der Waals surface area (Å²) in [6, 6.07) is 7.68. The van der Waals surface area contributed by atoms with Crippen molar-refractivity contribution in [1.29, 1.82) is 0 Å². The van der Waals surface area contributed by atoms with Crippen molar-refractivity contribution < 1.29 is 17.2 Å². The number of benzene rings is 2. The predicted molar refractivity (Wildman–Crippen MR) is 76.0 cm³/mol. The van der Waals surface area contributed by atoms with Crippen molar-refractivity contribution >= 4 is 31.6 Å². The van der Waals surface area contributed by atoms with Crippen LogP contribution in [0.15, 0.2) is 45.8 Å². The SMILES string of the molecule is Cc1cccc(F)c1NS(=O)(=O)c1ccc(Br)cc1F. The molecule has 3 nitrogen and oxygen atoms in total. The number of hydrogen-bond donors (Lipinski definition) is 1. The number of halogens is 3. The topological polar surface area (TPSA) is 46.2 Å². The third-order valence-electron chi connectivity index (χ3n) is 2.64. The first kappa shape index (κ1) is 14.9. The second kappa shape index (κ2) is 5.49. The zero-order valence-electron chi connectivity index (χ0n) is 10.3. The van der Waals surface area contributed by atoms with Crippen LogP contribution in [0.4, 0.5) is 14.5 Å². The van der Waals surface area contributed by atoms with Gasteiger partial charge in [0, 0.05) is 4.47 Å². The monoisotopic (exact) mass is 361 g/mol. The highest BCUT2D eigenvalue weighted by atomic mass is 79.9. The van der Waals surface area contributed by atoms with Gasteiger partial charge in [-0.25, -0.2) is 17.2 Å². The Morgan fingerprint density at radius 2 is 1.80 bits per heavy atom. The highest BCUT2D eigenvalue weighted by molar-refractivity contribution is 9.10. The highest BCUT2D eigenvalue weighted by Gasteiger charge is 2.21. The van der Waals surface area contributed by atoms with Crippen LogP contribution in [0.1, 0.15) is 5.56 Å². The average molecular weight is 362 g/mol. The fourth-order valence-electron chi connectivity index (χ4n) is 1.64. The van der Waals surface area contributed by atoms with Gasteiger partial charge in [-0.1, -0.05) is 28.1 Å². The van der Waals surface area contributed by atoms with Crippen molar-refractivity contribution in [2.75, 3.05) is 4.72 Å². The molecular weight excluding hydrogens is 352 g/mol. The Labute approximate surface area is 123 Å². The van der Waals surface area contributed by atoms with E-state index in [1.165, 1.54) is 12.1 Å². The van der Waals surface area contributed by atoms with Gasteiger partial charge in [-0.05, 0) is 36.8 Å². The van der Waals surface area contributed by atoms with E-state index in [4.69, 9.17) is 0 Å². The van der Waals surface area contributed by atoms with Crippen molar-refractivity contribution in [1.82, 2.24) is 0 Å².